The summed E-state index contributed by atoms with van der Waals surface area (Å²) in [5.74, 6) is -3.82. The number of fused-ring (bicyclic) bond motifs is 1. The standard InChI is InChI=1S/C23H19N5O7/c1-27-14-9-5-3-7-12(14)20(29)26-19(27)18(21(30)25-13-8-4-6-10-15(13)35-2)28-11-24-16(22(31)32)17(28)23(33)34/h3-11,18H,1-2H3,(H,25,30)(H,31,32)(H,33,34). The normalized spacial score (nSPS) is 11.7. The van der Waals surface area contributed by atoms with Gasteiger partial charge < -0.3 is 29.4 Å². The van der Waals surface area contributed by atoms with Gasteiger partial charge in [-0.3, -0.25) is 9.59 Å². The van der Waals surface area contributed by atoms with Gasteiger partial charge in [-0.25, -0.2) is 14.6 Å². The van der Waals surface area contributed by atoms with Gasteiger partial charge in [0.15, 0.2) is 17.4 Å². The molecule has 4 rings (SSSR count). The maximum absolute atomic E-state index is 13.6. The molecule has 2 heterocycles. The van der Waals surface area contributed by atoms with Gasteiger partial charge in [0.2, 0.25) is 0 Å². The number of benzene rings is 2. The van der Waals surface area contributed by atoms with Crippen molar-refractivity contribution in [2.75, 3.05) is 12.4 Å². The molecule has 0 radical (unpaired) electrons. The highest BCUT2D eigenvalue weighted by Crippen LogP contribution is 2.28. The minimum absolute atomic E-state index is 0.127. The number of rotatable bonds is 7. The van der Waals surface area contributed by atoms with E-state index in [1.165, 1.54) is 11.7 Å². The zero-order valence-corrected chi connectivity index (χ0v) is 18.5. The molecule has 0 fully saturated rings. The SMILES string of the molecule is COc1ccccc1NC(=O)C(c1nc(=O)c2ccccc2n1C)n1cnc(C(=O)O)c1C(=O)O. The topological polar surface area (TPSA) is 166 Å². The number of aryl methyl sites for hydroxylation is 1. The summed E-state index contributed by atoms with van der Waals surface area (Å²) in [7, 11) is 2.97. The largest absolute Gasteiger partial charge is 0.495 e. The van der Waals surface area contributed by atoms with E-state index in [1.807, 2.05) is 0 Å². The highest BCUT2D eigenvalue weighted by atomic mass is 16.5. The van der Waals surface area contributed by atoms with E-state index in [0.29, 0.717) is 11.3 Å². The van der Waals surface area contributed by atoms with Crippen molar-refractivity contribution < 1.29 is 29.3 Å². The second-order valence-electron chi connectivity index (χ2n) is 7.40. The Labute approximate surface area is 197 Å². The molecule has 0 aliphatic rings. The summed E-state index contributed by atoms with van der Waals surface area (Å²) in [5, 5.41) is 22.1. The maximum Gasteiger partial charge on any atom is 0.357 e. The number of nitrogens with one attached hydrogen (secondary N) is 1. The molecule has 12 heteroatoms. The number of imidazole rings is 1. The number of anilines is 1. The number of carboxylic acids is 2. The van der Waals surface area contributed by atoms with Crippen LogP contribution in [-0.2, 0) is 11.8 Å². The van der Waals surface area contributed by atoms with Crippen LogP contribution < -0.4 is 15.6 Å². The highest BCUT2D eigenvalue weighted by Gasteiger charge is 2.34. The molecular formula is C23H19N5O7. The first-order chi connectivity index (χ1) is 16.7. The minimum Gasteiger partial charge on any atom is -0.495 e. The molecule has 2 aromatic heterocycles. The molecule has 178 valence electrons. The molecule has 4 aromatic rings. The molecular weight excluding hydrogens is 458 g/mol. The molecule has 1 unspecified atom stereocenters. The smallest absolute Gasteiger partial charge is 0.357 e. The molecule has 0 saturated carbocycles. The Morgan fingerprint density at radius 2 is 1.71 bits per heavy atom. The number of carbonyl (C=O) groups excluding carboxylic acids is 1. The van der Waals surface area contributed by atoms with Crippen molar-refractivity contribution in [2.45, 2.75) is 6.04 Å². The Kier molecular flexibility index (Phi) is 6.02. The third-order valence-electron chi connectivity index (χ3n) is 5.39. The Morgan fingerprint density at radius 3 is 2.40 bits per heavy atom. The predicted octanol–water partition coefficient (Wildman–Crippen LogP) is 1.76. The average molecular weight is 477 g/mol. The quantitative estimate of drug-likeness (QED) is 0.359. The number of aromatic carboxylic acids is 2. The van der Waals surface area contributed by atoms with Crippen LogP contribution in [0.15, 0.2) is 59.7 Å². The lowest BCUT2D eigenvalue weighted by Crippen LogP contribution is -2.34. The zero-order valence-electron chi connectivity index (χ0n) is 18.5. The summed E-state index contributed by atoms with van der Waals surface area (Å²) < 4.78 is 7.59. The lowest BCUT2D eigenvalue weighted by molar-refractivity contribution is -0.118. The van der Waals surface area contributed by atoms with Crippen molar-refractivity contribution >= 4 is 34.4 Å². The Bertz CT molecular complexity index is 1540. The van der Waals surface area contributed by atoms with E-state index in [-0.39, 0.29) is 16.9 Å². The Morgan fingerprint density at radius 1 is 1.03 bits per heavy atom. The van der Waals surface area contributed by atoms with Crippen LogP contribution in [0.4, 0.5) is 5.69 Å². The number of ether oxygens (including phenoxy) is 1. The lowest BCUT2D eigenvalue weighted by atomic mass is 10.1. The van der Waals surface area contributed by atoms with Crippen molar-refractivity contribution in [2.24, 2.45) is 7.05 Å². The number of amides is 1. The number of hydrogen-bond donors (Lipinski definition) is 3. The molecule has 0 spiro atoms. The fourth-order valence-electron chi connectivity index (χ4n) is 3.80. The van der Waals surface area contributed by atoms with Gasteiger partial charge >= 0.3 is 11.9 Å². The monoisotopic (exact) mass is 477 g/mol. The van der Waals surface area contributed by atoms with E-state index in [1.54, 1.807) is 55.6 Å². The maximum atomic E-state index is 13.6. The number of aromatic nitrogens is 4. The molecule has 35 heavy (non-hydrogen) atoms. The Balaban J connectivity index is 1.98. The second kappa shape index (κ2) is 9.09. The van der Waals surface area contributed by atoms with Crippen LogP contribution in [0.2, 0.25) is 0 Å². The molecule has 3 N–H and O–H groups in total. The molecule has 0 bridgehead atoms. The van der Waals surface area contributed by atoms with Crippen LogP contribution >= 0.6 is 0 Å². The van der Waals surface area contributed by atoms with Crippen molar-refractivity contribution in [1.82, 2.24) is 19.1 Å². The van der Waals surface area contributed by atoms with Gasteiger partial charge in [-0.05, 0) is 24.3 Å². The van der Waals surface area contributed by atoms with Gasteiger partial charge in [-0.1, -0.05) is 24.3 Å². The van der Waals surface area contributed by atoms with Crippen LogP contribution in [-0.4, -0.2) is 54.3 Å². The zero-order chi connectivity index (χ0) is 25.3. The molecule has 0 aliphatic carbocycles. The molecule has 0 aliphatic heterocycles. The highest BCUT2D eigenvalue weighted by molar-refractivity contribution is 6.01. The number of para-hydroxylation sites is 3. The van der Waals surface area contributed by atoms with E-state index in [4.69, 9.17) is 4.74 Å². The lowest BCUT2D eigenvalue weighted by Gasteiger charge is -2.22. The van der Waals surface area contributed by atoms with Gasteiger partial charge in [-0.2, -0.15) is 4.98 Å². The second-order valence-corrected chi connectivity index (χ2v) is 7.40. The summed E-state index contributed by atoms with van der Waals surface area (Å²) in [6.07, 6.45) is 0.917. The van der Waals surface area contributed by atoms with Crippen molar-refractivity contribution in [3.05, 3.63) is 82.4 Å². The number of carboxylic acid groups (broad SMARTS) is 2. The predicted molar refractivity (Wildman–Crippen MR) is 123 cm³/mol. The molecule has 1 amide bonds. The van der Waals surface area contributed by atoms with Gasteiger partial charge in [0.1, 0.15) is 11.6 Å². The summed E-state index contributed by atoms with van der Waals surface area (Å²) in [6.45, 7) is 0. The summed E-state index contributed by atoms with van der Waals surface area (Å²) in [5.41, 5.74) is -1.45. The van der Waals surface area contributed by atoms with E-state index in [9.17, 15) is 29.4 Å². The van der Waals surface area contributed by atoms with Crippen molar-refractivity contribution in [3.8, 4) is 5.75 Å². The van der Waals surface area contributed by atoms with Crippen molar-refractivity contribution in [3.63, 3.8) is 0 Å². The molecule has 0 saturated heterocycles. The number of hydrogen-bond acceptors (Lipinski definition) is 7. The molecule has 1 atom stereocenters. The van der Waals surface area contributed by atoms with Gasteiger partial charge in [-0.15, -0.1) is 0 Å². The summed E-state index contributed by atoms with van der Waals surface area (Å²) >= 11 is 0. The first kappa shape index (κ1) is 23.2. The van der Waals surface area contributed by atoms with E-state index >= 15 is 0 Å². The first-order valence-electron chi connectivity index (χ1n) is 10.2. The van der Waals surface area contributed by atoms with Gasteiger partial charge in [0.25, 0.3) is 11.5 Å². The minimum atomic E-state index is -1.62. The van der Waals surface area contributed by atoms with Crippen molar-refractivity contribution in [1.29, 1.82) is 0 Å². The van der Waals surface area contributed by atoms with Crippen LogP contribution in [0.25, 0.3) is 10.9 Å². The number of methoxy groups -OCH3 is 1. The van der Waals surface area contributed by atoms with Crippen LogP contribution in [0.3, 0.4) is 0 Å². The third-order valence-corrected chi connectivity index (χ3v) is 5.39. The Hall–Kier alpha value is -5.00. The van der Waals surface area contributed by atoms with Crippen LogP contribution in [0, 0.1) is 0 Å². The summed E-state index contributed by atoms with van der Waals surface area (Å²) in [6, 6.07) is 11.5. The van der Waals surface area contributed by atoms with Gasteiger partial charge in [0.05, 0.1) is 30.0 Å². The van der Waals surface area contributed by atoms with E-state index in [0.717, 1.165) is 10.9 Å². The molecule has 12 nitrogen and oxygen atoms in total. The van der Waals surface area contributed by atoms with Crippen LogP contribution in [0.1, 0.15) is 32.8 Å². The summed E-state index contributed by atoms with van der Waals surface area (Å²) in [4.78, 5) is 57.8. The first-order valence-corrected chi connectivity index (χ1v) is 10.2. The van der Waals surface area contributed by atoms with Gasteiger partial charge in [0, 0.05) is 7.05 Å². The fourth-order valence-corrected chi connectivity index (χ4v) is 3.80. The number of carbonyl (C=O) groups is 3. The number of nitrogens with zero attached hydrogens (tertiary/aromatic N) is 4. The van der Waals surface area contributed by atoms with E-state index < -0.39 is 40.8 Å². The third kappa shape index (κ3) is 4.08. The van der Waals surface area contributed by atoms with E-state index in [2.05, 4.69) is 15.3 Å². The van der Waals surface area contributed by atoms with Crippen LogP contribution in [0.5, 0.6) is 5.75 Å². The fraction of sp³-hybridized carbons (Fsp3) is 0.130. The average Bonchev–Trinajstić information content (AvgIpc) is 3.28. The molecule has 2 aromatic carbocycles.